The predicted molar refractivity (Wildman–Crippen MR) is 83.7 cm³/mol. The van der Waals surface area contributed by atoms with Crippen molar-refractivity contribution in [1.29, 1.82) is 0 Å². The third-order valence-corrected chi connectivity index (χ3v) is 3.66. The van der Waals surface area contributed by atoms with Crippen LogP contribution in [0.5, 0.6) is 5.75 Å². The van der Waals surface area contributed by atoms with E-state index in [1.807, 2.05) is 19.1 Å². The largest absolute Gasteiger partial charge is 0.497 e. The standard InChI is InChI=1S/C17H19NO4/c1-11(2)16-14(9-10-15(19)22-4)18(17(16)20)12-5-7-13(21-3)8-6-12/h5-10,14,16H,1H2,2-4H3/b10-9+/t14-,16+/m1/s1. The zero-order valence-corrected chi connectivity index (χ0v) is 12.9. The molecule has 0 spiro atoms. The van der Waals surface area contributed by atoms with E-state index in [9.17, 15) is 9.59 Å². The lowest BCUT2D eigenvalue weighted by Gasteiger charge is -2.46. The summed E-state index contributed by atoms with van der Waals surface area (Å²) in [5.74, 6) is -0.0792. The molecule has 0 bridgehead atoms. The molecule has 0 aromatic heterocycles. The average Bonchev–Trinajstić information content (AvgIpc) is 2.51. The quantitative estimate of drug-likeness (QED) is 0.362. The normalized spacial score (nSPS) is 20.7. The van der Waals surface area contributed by atoms with Crippen molar-refractivity contribution in [3.8, 4) is 5.75 Å². The summed E-state index contributed by atoms with van der Waals surface area (Å²) in [6, 6.07) is 6.96. The number of carbonyl (C=O) groups excluding carboxylic acids is 2. The van der Waals surface area contributed by atoms with Crippen molar-refractivity contribution in [2.24, 2.45) is 5.92 Å². The summed E-state index contributed by atoms with van der Waals surface area (Å²) in [7, 11) is 2.90. The summed E-state index contributed by atoms with van der Waals surface area (Å²) >= 11 is 0. The van der Waals surface area contributed by atoms with Crippen LogP contribution < -0.4 is 9.64 Å². The van der Waals surface area contributed by atoms with Crippen LogP contribution in [0.15, 0.2) is 48.6 Å². The molecule has 1 aliphatic heterocycles. The van der Waals surface area contributed by atoms with E-state index in [2.05, 4.69) is 11.3 Å². The molecule has 0 saturated carbocycles. The molecule has 0 aliphatic carbocycles. The Labute approximate surface area is 129 Å². The van der Waals surface area contributed by atoms with Crippen LogP contribution in [0.3, 0.4) is 0 Å². The number of β-lactam (4-membered cyclic amide) rings is 1. The Hall–Kier alpha value is -2.56. The molecule has 2 rings (SSSR count). The molecule has 0 N–H and O–H groups in total. The summed E-state index contributed by atoms with van der Waals surface area (Å²) in [5.41, 5.74) is 1.53. The zero-order chi connectivity index (χ0) is 16.3. The molecule has 1 heterocycles. The van der Waals surface area contributed by atoms with Gasteiger partial charge in [0, 0.05) is 11.8 Å². The van der Waals surface area contributed by atoms with Crippen molar-refractivity contribution in [3.05, 3.63) is 48.6 Å². The number of anilines is 1. The van der Waals surface area contributed by atoms with Gasteiger partial charge in [0.05, 0.1) is 26.2 Å². The van der Waals surface area contributed by atoms with Crippen molar-refractivity contribution in [3.63, 3.8) is 0 Å². The number of rotatable bonds is 5. The van der Waals surface area contributed by atoms with E-state index < -0.39 is 5.97 Å². The second-order valence-corrected chi connectivity index (χ2v) is 5.10. The highest BCUT2D eigenvalue weighted by atomic mass is 16.5. The highest BCUT2D eigenvalue weighted by molar-refractivity contribution is 6.05. The number of amides is 1. The molecule has 1 amide bonds. The Morgan fingerprint density at radius 3 is 2.41 bits per heavy atom. The maximum atomic E-state index is 12.4. The maximum absolute atomic E-state index is 12.4. The second kappa shape index (κ2) is 6.47. The van der Waals surface area contributed by atoms with Gasteiger partial charge in [0.2, 0.25) is 5.91 Å². The van der Waals surface area contributed by atoms with Gasteiger partial charge in [-0.25, -0.2) is 4.79 Å². The molecule has 0 unspecified atom stereocenters. The lowest BCUT2D eigenvalue weighted by Crippen LogP contribution is -2.60. The summed E-state index contributed by atoms with van der Waals surface area (Å²) in [6.07, 6.45) is 3.01. The number of methoxy groups -OCH3 is 2. The molecule has 1 aromatic carbocycles. The van der Waals surface area contributed by atoms with E-state index in [1.165, 1.54) is 13.2 Å². The van der Waals surface area contributed by atoms with Crippen molar-refractivity contribution in [1.82, 2.24) is 0 Å². The van der Waals surface area contributed by atoms with Crippen LogP contribution in [-0.4, -0.2) is 32.1 Å². The van der Waals surface area contributed by atoms with E-state index in [4.69, 9.17) is 4.74 Å². The van der Waals surface area contributed by atoms with Gasteiger partial charge >= 0.3 is 5.97 Å². The number of benzene rings is 1. The number of hydrogen-bond acceptors (Lipinski definition) is 4. The number of carbonyl (C=O) groups is 2. The number of esters is 1. The average molecular weight is 301 g/mol. The Kier molecular flexibility index (Phi) is 4.65. The zero-order valence-electron chi connectivity index (χ0n) is 12.9. The second-order valence-electron chi connectivity index (χ2n) is 5.10. The molecule has 5 heteroatoms. The highest BCUT2D eigenvalue weighted by Crippen LogP contribution is 2.37. The van der Waals surface area contributed by atoms with Crippen molar-refractivity contribution in [2.45, 2.75) is 13.0 Å². The van der Waals surface area contributed by atoms with Crippen LogP contribution in [0.1, 0.15) is 6.92 Å². The topological polar surface area (TPSA) is 55.8 Å². The van der Waals surface area contributed by atoms with Crippen LogP contribution in [0, 0.1) is 5.92 Å². The van der Waals surface area contributed by atoms with Crippen LogP contribution in [-0.2, 0) is 14.3 Å². The third kappa shape index (κ3) is 2.88. The van der Waals surface area contributed by atoms with E-state index in [0.29, 0.717) is 0 Å². The Morgan fingerprint density at radius 2 is 1.91 bits per heavy atom. The lowest BCUT2D eigenvalue weighted by molar-refractivity contribution is -0.135. The van der Waals surface area contributed by atoms with Gasteiger partial charge in [-0.05, 0) is 31.2 Å². The van der Waals surface area contributed by atoms with Gasteiger partial charge in [-0.1, -0.05) is 18.2 Å². The Morgan fingerprint density at radius 1 is 1.27 bits per heavy atom. The van der Waals surface area contributed by atoms with Gasteiger partial charge in [-0.2, -0.15) is 0 Å². The van der Waals surface area contributed by atoms with E-state index in [-0.39, 0.29) is 17.9 Å². The fraction of sp³-hybridized carbons (Fsp3) is 0.294. The fourth-order valence-corrected chi connectivity index (χ4v) is 2.50. The molecule has 22 heavy (non-hydrogen) atoms. The smallest absolute Gasteiger partial charge is 0.330 e. The monoisotopic (exact) mass is 301 g/mol. The first-order valence-electron chi connectivity index (χ1n) is 6.88. The van der Waals surface area contributed by atoms with Crippen LogP contribution in [0.2, 0.25) is 0 Å². The molecule has 1 aliphatic rings. The van der Waals surface area contributed by atoms with Crippen LogP contribution >= 0.6 is 0 Å². The Bertz CT molecular complexity index is 618. The number of nitrogens with zero attached hydrogens (tertiary/aromatic N) is 1. The van der Waals surface area contributed by atoms with Gasteiger partial charge in [0.1, 0.15) is 5.75 Å². The van der Waals surface area contributed by atoms with Gasteiger partial charge in [-0.3, -0.25) is 4.79 Å². The third-order valence-electron chi connectivity index (χ3n) is 3.66. The molecule has 1 fully saturated rings. The first-order chi connectivity index (χ1) is 10.5. The van der Waals surface area contributed by atoms with E-state index in [1.54, 1.807) is 30.2 Å². The molecular formula is C17H19NO4. The highest BCUT2D eigenvalue weighted by Gasteiger charge is 2.46. The van der Waals surface area contributed by atoms with Gasteiger partial charge in [0.25, 0.3) is 0 Å². The number of hydrogen-bond donors (Lipinski definition) is 0. The minimum Gasteiger partial charge on any atom is -0.497 e. The maximum Gasteiger partial charge on any atom is 0.330 e. The van der Waals surface area contributed by atoms with Crippen molar-refractivity contribution < 1.29 is 19.1 Å². The molecule has 0 radical (unpaired) electrons. The fourth-order valence-electron chi connectivity index (χ4n) is 2.50. The Balaban J connectivity index is 2.27. The SMILES string of the molecule is C=C(C)[C@@H]1C(=O)N(c2ccc(OC)cc2)[C@@H]1/C=C/C(=O)OC. The summed E-state index contributed by atoms with van der Waals surface area (Å²) in [5, 5.41) is 0. The van der Waals surface area contributed by atoms with E-state index in [0.717, 1.165) is 17.0 Å². The minimum absolute atomic E-state index is 0.0304. The summed E-state index contributed by atoms with van der Waals surface area (Å²) < 4.78 is 9.71. The molecule has 2 atom stereocenters. The van der Waals surface area contributed by atoms with Gasteiger partial charge in [0.15, 0.2) is 0 Å². The van der Waals surface area contributed by atoms with Crippen LogP contribution in [0.4, 0.5) is 5.69 Å². The van der Waals surface area contributed by atoms with Gasteiger partial charge < -0.3 is 14.4 Å². The minimum atomic E-state index is -0.450. The molecular weight excluding hydrogens is 282 g/mol. The molecule has 1 aromatic rings. The van der Waals surface area contributed by atoms with E-state index >= 15 is 0 Å². The lowest BCUT2D eigenvalue weighted by atomic mass is 9.81. The first kappa shape index (κ1) is 15.8. The molecule has 1 saturated heterocycles. The van der Waals surface area contributed by atoms with Crippen molar-refractivity contribution in [2.75, 3.05) is 19.1 Å². The van der Waals surface area contributed by atoms with Gasteiger partial charge in [-0.15, -0.1) is 0 Å². The van der Waals surface area contributed by atoms with Crippen molar-refractivity contribution >= 4 is 17.6 Å². The first-order valence-corrected chi connectivity index (χ1v) is 6.88. The molecule has 116 valence electrons. The molecule has 5 nitrogen and oxygen atoms in total. The van der Waals surface area contributed by atoms with Crippen LogP contribution in [0.25, 0.3) is 0 Å². The summed E-state index contributed by atoms with van der Waals surface area (Å²) in [6.45, 7) is 5.68. The summed E-state index contributed by atoms with van der Waals surface area (Å²) in [4.78, 5) is 25.3. The number of ether oxygens (including phenoxy) is 2. The predicted octanol–water partition coefficient (Wildman–Crippen LogP) is 2.33.